The SMILES string of the molecule is Cc1c(CCC(=O)O)nc2c(Cl)cccn12. The third-order valence-electron chi connectivity index (χ3n) is 2.52. The first-order valence-electron chi connectivity index (χ1n) is 4.93. The van der Waals surface area contributed by atoms with Crippen molar-refractivity contribution in [2.24, 2.45) is 0 Å². The van der Waals surface area contributed by atoms with Gasteiger partial charge >= 0.3 is 5.97 Å². The van der Waals surface area contributed by atoms with E-state index in [-0.39, 0.29) is 6.42 Å². The highest BCUT2D eigenvalue weighted by Crippen LogP contribution is 2.20. The molecule has 4 nitrogen and oxygen atoms in total. The fraction of sp³-hybridized carbons (Fsp3) is 0.273. The maximum absolute atomic E-state index is 10.5. The minimum absolute atomic E-state index is 0.0857. The Morgan fingerprint density at radius 3 is 3.00 bits per heavy atom. The lowest BCUT2D eigenvalue weighted by atomic mass is 10.2. The zero-order valence-electron chi connectivity index (χ0n) is 8.77. The average Bonchev–Trinajstić information content (AvgIpc) is 2.55. The molecule has 0 atom stereocenters. The van der Waals surface area contributed by atoms with Gasteiger partial charge < -0.3 is 9.51 Å². The van der Waals surface area contributed by atoms with Gasteiger partial charge in [0, 0.05) is 18.3 Å². The number of aromatic nitrogens is 2. The van der Waals surface area contributed by atoms with Crippen LogP contribution in [0.25, 0.3) is 5.65 Å². The van der Waals surface area contributed by atoms with E-state index in [9.17, 15) is 4.79 Å². The molecule has 0 saturated heterocycles. The van der Waals surface area contributed by atoms with Gasteiger partial charge in [-0.3, -0.25) is 4.79 Å². The van der Waals surface area contributed by atoms with Gasteiger partial charge in [-0.25, -0.2) is 4.98 Å². The molecule has 1 N–H and O–H groups in total. The van der Waals surface area contributed by atoms with Gasteiger partial charge in [-0.15, -0.1) is 0 Å². The normalized spacial score (nSPS) is 10.9. The van der Waals surface area contributed by atoms with Crippen LogP contribution in [0.5, 0.6) is 0 Å². The molecule has 0 aliphatic carbocycles. The highest BCUT2D eigenvalue weighted by molar-refractivity contribution is 6.33. The Morgan fingerprint density at radius 1 is 1.62 bits per heavy atom. The van der Waals surface area contributed by atoms with Crippen molar-refractivity contribution in [1.29, 1.82) is 0 Å². The number of carboxylic acid groups (broad SMARTS) is 1. The maximum atomic E-state index is 10.5. The van der Waals surface area contributed by atoms with Crippen LogP contribution in [0.1, 0.15) is 17.8 Å². The largest absolute Gasteiger partial charge is 0.481 e. The third-order valence-corrected chi connectivity index (χ3v) is 2.81. The van der Waals surface area contributed by atoms with Gasteiger partial charge in [0.15, 0.2) is 5.65 Å². The molecule has 2 heterocycles. The van der Waals surface area contributed by atoms with Gasteiger partial charge in [0.05, 0.1) is 17.1 Å². The van der Waals surface area contributed by atoms with Crippen molar-refractivity contribution in [2.75, 3.05) is 0 Å². The van der Waals surface area contributed by atoms with Crippen LogP contribution in [0.4, 0.5) is 0 Å². The Kier molecular flexibility index (Phi) is 2.83. The van der Waals surface area contributed by atoms with Crippen LogP contribution in [-0.2, 0) is 11.2 Å². The topological polar surface area (TPSA) is 54.6 Å². The lowest BCUT2D eigenvalue weighted by Crippen LogP contribution is -1.99. The van der Waals surface area contributed by atoms with Gasteiger partial charge in [0.2, 0.25) is 0 Å². The minimum Gasteiger partial charge on any atom is -0.481 e. The fourth-order valence-corrected chi connectivity index (χ4v) is 1.87. The molecular weight excluding hydrogens is 228 g/mol. The number of hydrogen-bond acceptors (Lipinski definition) is 2. The summed E-state index contributed by atoms with van der Waals surface area (Å²) in [5.41, 5.74) is 2.41. The van der Waals surface area contributed by atoms with Crippen LogP contribution in [0.3, 0.4) is 0 Å². The number of halogens is 1. The van der Waals surface area contributed by atoms with Crippen molar-refractivity contribution in [2.45, 2.75) is 19.8 Å². The molecule has 0 saturated carbocycles. The van der Waals surface area contributed by atoms with Gasteiger partial charge in [0.1, 0.15) is 0 Å². The second-order valence-electron chi connectivity index (χ2n) is 3.59. The predicted molar refractivity (Wildman–Crippen MR) is 60.9 cm³/mol. The molecule has 0 amide bonds. The first-order chi connectivity index (χ1) is 7.59. The molecule has 2 rings (SSSR count). The molecule has 16 heavy (non-hydrogen) atoms. The standard InChI is InChI=1S/C11H11ClN2O2/c1-7-9(4-5-10(15)16)13-11-8(12)3-2-6-14(7)11/h2-3,6H,4-5H2,1H3,(H,15,16). The van der Waals surface area contributed by atoms with Crippen LogP contribution >= 0.6 is 11.6 Å². The van der Waals surface area contributed by atoms with E-state index >= 15 is 0 Å². The Bertz CT molecular complexity index is 548. The highest BCUT2D eigenvalue weighted by Gasteiger charge is 2.11. The molecule has 0 aromatic carbocycles. The molecule has 0 aliphatic heterocycles. The van der Waals surface area contributed by atoms with E-state index in [4.69, 9.17) is 16.7 Å². The summed E-state index contributed by atoms with van der Waals surface area (Å²) in [7, 11) is 0. The summed E-state index contributed by atoms with van der Waals surface area (Å²) in [6.07, 6.45) is 2.38. The molecule has 0 aliphatic rings. The van der Waals surface area contributed by atoms with E-state index in [0.29, 0.717) is 17.1 Å². The molecule has 0 bridgehead atoms. The van der Waals surface area contributed by atoms with E-state index in [1.807, 2.05) is 23.6 Å². The number of rotatable bonds is 3. The van der Waals surface area contributed by atoms with Crippen LogP contribution in [0.2, 0.25) is 5.02 Å². The van der Waals surface area contributed by atoms with E-state index in [2.05, 4.69) is 4.98 Å². The fourth-order valence-electron chi connectivity index (χ4n) is 1.66. The Morgan fingerprint density at radius 2 is 2.38 bits per heavy atom. The second kappa shape index (κ2) is 4.14. The number of fused-ring (bicyclic) bond motifs is 1. The van der Waals surface area contributed by atoms with Gasteiger partial charge in [-0.2, -0.15) is 0 Å². The van der Waals surface area contributed by atoms with Crippen LogP contribution in [-0.4, -0.2) is 20.5 Å². The molecule has 2 aromatic rings. The summed E-state index contributed by atoms with van der Waals surface area (Å²) >= 11 is 6.01. The second-order valence-corrected chi connectivity index (χ2v) is 3.99. The van der Waals surface area contributed by atoms with E-state index < -0.39 is 5.97 Å². The molecule has 2 aromatic heterocycles. The Balaban J connectivity index is 2.44. The average molecular weight is 239 g/mol. The first kappa shape index (κ1) is 11.0. The van der Waals surface area contributed by atoms with Crippen molar-refractivity contribution in [3.8, 4) is 0 Å². The summed E-state index contributed by atoms with van der Waals surface area (Å²) < 4.78 is 1.87. The zero-order valence-corrected chi connectivity index (χ0v) is 9.53. The smallest absolute Gasteiger partial charge is 0.303 e. The monoisotopic (exact) mass is 238 g/mol. The number of carboxylic acids is 1. The highest BCUT2D eigenvalue weighted by atomic mass is 35.5. The quantitative estimate of drug-likeness (QED) is 0.893. The molecule has 0 fully saturated rings. The number of aliphatic carboxylic acids is 1. The molecular formula is C11H11ClN2O2. The van der Waals surface area contributed by atoms with Crippen LogP contribution in [0.15, 0.2) is 18.3 Å². The number of aryl methyl sites for hydroxylation is 2. The number of nitrogens with zero attached hydrogens (tertiary/aromatic N) is 2. The van der Waals surface area contributed by atoms with Crippen LogP contribution < -0.4 is 0 Å². The number of hydrogen-bond donors (Lipinski definition) is 1. The molecule has 84 valence electrons. The number of pyridine rings is 1. The van der Waals surface area contributed by atoms with Gasteiger partial charge in [-0.05, 0) is 19.1 Å². The van der Waals surface area contributed by atoms with Crippen molar-refractivity contribution >= 4 is 23.2 Å². The Labute approximate surface area is 97.5 Å². The Hall–Kier alpha value is -1.55. The van der Waals surface area contributed by atoms with E-state index in [0.717, 1.165) is 11.4 Å². The lowest BCUT2D eigenvalue weighted by Gasteiger charge is -1.97. The van der Waals surface area contributed by atoms with Crippen molar-refractivity contribution in [3.63, 3.8) is 0 Å². The van der Waals surface area contributed by atoms with Crippen LogP contribution in [0, 0.1) is 6.92 Å². The van der Waals surface area contributed by atoms with Gasteiger partial charge in [0.25, 0.3) is 0 Å². The molecule has 0 radical (unpaired) electrons. The molecule has 0 spiro atoms. The summed E-state index contributed by atoms with van der Waals surface area (Å²) in [6, 6.07) is 3.61. The summed E-state index contributed by atoms with van der Waals surface area (Å²) in [6.45, 7) is 1.91. The summed E-state index contributed by atoms with van der Waals surface area (Å²) in [5, 5.41) is 9.21. The van der Waals surface area contributed by atoms with Crippen molar-refractivity contribution < 1.29 is 9.90 Å². The molecule has 0 unspecified atom stereocenters. The molecule has 5 heteroatoms. The van der Waals surface area contributed by atoms with E-state index in [1.165, 1.54) is 0 Å². The predicted octanol–water partition coefficient (Wildman–Crippen LogP) is 2.31. The summed E-state index contributed by atoms with van der Waals surface area (Å²) in [4.78, 5) is 14.9. The first-order valence-corrected chi connectivity index (χ1v) is 5.31. The van der Waals surface area contributed by atoms with Crippen molar-refractivity contribution in [1.82, 2.24) is 9.38 Å². The van der Waals surface area contributed by atoms with Crippen molar-refractivity contribution in [3.05, 3.63) is 34.7 Å². The van der Waals surface area contributed by atoms with E-state index in [1.54, 1.807) is 6.07 Å². The third kappa shape index (κ3) is 1.88. The minimum atomic E-state index is -0.817. The maximum Gasteiger partial charge on any atom is 0.303 e. The lowest BCUT2D eigenvalue weighted by molar-refractivity contribution is -0.136. The number of carbonyl (C=O) groups is 1. The summed E-state index contributed by atoms with van der Waals surface area (Å²) in [5.74, 6) is -0.817. The van der Waals surface area contributed by atoms with Gasteiger partial charge in [-0.1, -0.05) is 11.6 Å². The zero-order chi connectivity index (χ0) is 11.7. The number of imidazole rings is 1.